The summed E-state index contributed by atoms with van der Waals surface area (Å²) in [6.45, 7) is 1.55. The fourth-order valence-corrected chi connectivity index (χ4v) is 8.21. The molecule has 312 valence electrons. The van der Waals surface area contributed by atoms with Crippen LogP contribution in [-0.4, -0.2) is 122 Å². The van der Waals surface area contributed by atoms with Crippen LogP contribution in [0.15, 0.2) is 30.4 Å². The maximum absolute atomic E-state index is 14.0. The number of ether oxygens (including phenoxy) is 4. The molecule has 6 rings (SSSR count). The van der Waals surface area contributed by atoms with Gasteiger partial charge in [-0.2, -0.15) is 0 Å². The van der Waals surface area contributed by atoms with E-state index in [1.165, 1.54) is 32.2 Å². The molecular formula is C40H46N2O16. The summed E-state index contributed by atoms with van der Waals surface area (Å²) in [6, 6.07) is 3.20. The number of carbonyl (C=O) groups excluding carboxylic acids is 5. The number of carbonyl (C=O) groups is 6. The number of hydrogen-bond donors (Lipinski definition) is 8. The second-order valence-corrected chi connectivity index (χ2v) is 15.3. The number of alkyl carbamates (subject to hydrolysis) is 1. The summed E-state index contributed by atoms with van der Waals surface area (Å²) >= 11 is 0. The molecule has 58 heavy (non-hydrogen) atoms. The third-order valence-electron chi connectivity index (χ3n) is 11.5. The van der Waals surface area contributed by atoms with Gasteiger partial charge in [0.15, 0.2) is 17.9 Å². The van der Waals surface area contributed by atoms with E-state index in [1.807, 2.05) is 0 Å². The number of methoxy groups -OCH3 is 1. The van der Waals surface area contributed by atoms with E-state index in [9.17, 15) is 54.3 Å². The summed E-state index contributed by atoms with van der Waals surface area (Å²) in [5.41, 5.74) is -5.18. The summed E-state index contributed by atoms with van der Waals surface area (Å²) < 4.78 is 23.1. The van der Waals surface area contributed by atoms with Crippen LogP contribution < -0.4 is 15.4 Å². The van der Waals surface area contributed by atoms with Gasteiger partial charge in [0, 0.05) is 41.4 Å². The normalized spacial score (nSPS) is 29.7. The van der Waals surface area contributed by atoms with Crippen LogP contribution in [0.25, 0.3) is 0 Å². The highest BCUT2D eigenvalue weighted by atomic mass is 16.7. The average Bonchev–Trinajstić information content (AvgIpc) is 3.18. The summed E-state index contributed by atoms with van der Waals surface area (Å²) in [4.78, 5) is 77.7. The molecule has 8 atom stereocenters. The van der Waals surface area contributed by atoms with E-state index in [-0.39, 0.29) is 47.3 Å². The first-order valence-electron chi connectivity index (χ1n) is 18.8. The van der Waals surface area contributed by atoms with Crippen LogP contribution in [0, 0.1) is 5.41 Å². The minimum atomic E-state index is -2.38. The van der Waals surface area contributed by atoms with Crippen molar-refractivity contribution >= 4 is 35.3 Å². The molecule has 1 heterocycles. The number of carboxylic acids is 1. The summed E-state index contributed by atoms with van der Waals surface area (Å²) in [5.74, 6) is -5.85. The number of aliphatic hydroxyl groups is 3. The van der Waals surface area contributed by atoms with Crippen LogP contribution in [0.1, 0.15) is 101 Å². The highest BCUT2D eigenvalue weighted by Crippen LogP contribution is 2.52. The largest absolute Gasteiger partial charge is 0.507 e. The van der Waals surface area contributed by atoms with Crippen LogP contribution in [0.2, 0.25) is 0 Å². The van der Waals surface area contributed by atoms with Crippen molar-refractivity contribution in [3.8, 4) is 17.2 Å². The van der Waals surface area contributed by atoms with Gasteiger partial charge in [-0.3, -0.25) is 24.0 Å². The zero-order chi connectivity index (χ0) is 42.3. The van der Waals surface area contributed by atoms with Gasteiger partial charge in [-0.15, -0.1) is 0 Å². The van der Waals surface area contributed by atoms with Gasteiger partial charge in [-0.1, -0.05) is 25.1 Å². The number of nitrogens with one attached hydrogen (secondary N) is 2. The zero-order valence-electron chi connectivity index (χ0n) is 32.0. The Labute approximate surface area is 331 Å². The number of aliphatic hydroxyl groups excluding tert-OH is 2. The van der Waals surface area contributed by atoms with Crippen molar-refractivity contribution < 1.29 is 78.4 Å². The van der Waals surface area contributed by atoms with Crippen LogP contribution in [0.4, 0.5) is 4.79 Å². The molecule has 0 aromatic heterocycles. The van der Waals surface area contributed by atoms with Gasteiger partial charge >= 0.3 is 12.1 Å². The fraction of sp³-hybridized carbons (Fsp3) is 0.500. The number of ketones is 3. The summed E-state index contributed by atoms with van der Waals surface area (Å²) in [6.07, 6.45) is -3.55. The lowest BCUT2D eigenvalue weighted by Gasteiger charge is -2.42. The number of aromatic hydroxyl groups is 2. The molecule has 0 radical (unpaired) electrons. The van der Waals surface area contributed by atoms with Crippen molar-refractivity contribution in [2.24, 2.45) is 5.41 Å². The number of phenolic OH excluding ortho intramolecular Hbond substituents is 2. The van der Waals surface area contributed by atoms with Crippen molar-refractivity contribution in [2.75, 3.05) is 20.3 Å². The van der Waals surface area contributed by atoms with E-state index < -0.39 is 132 Å². The first kappa shape index (κ1) is 42.2. The standard InChI is InChI=1S/C40H46N2O16/c1-18-32(47)22(42-38(53)57-19-7-4-5-11-39(2,12-10-19)37(52)41-16-26(45)46)13-27(56-18)58-24-15-40(54,25(44)17-43)14-21-29(24)36(51)31-30(34(21)49)33(48)20-8-6-9-23(55-3)28(20)35(31)50/h4,6-9,18-19,22,24,27,32,43,47,49,51,54H,5,10-17H2,1-3H3,(H,41,52)(H,42,53)(H,45,46)/b7-4+/t18-,19-,22-,24-,27-,32+,39?,40-/m0/s1. The number of hydrogen-bond acceptors (Lipinski definition) is 15. The van der Waals surface area contributed by atoms with E-state index in [1.54, 1.807) is 19.1 Å². The van der Waals surface area contributed by atoms with Crippen molar-refractivity contribution in [1.29, 1.82) is 0 Å². The predicted octanol–water partition coefficient (Wildman–Crippen LogP) is 1.47. The van der Waals surface area contributed by atoms with Gasteiger partial charge in [-0.05, 0) is 44.7 Å². The molecule has 0 spiro atoms. The van der Waals surface area contributed by atoms with Crippen LogP contribution >= 0.6 is 0 Å². The molecule has 0 bridgehead atoms. The highest BCUT2D eigenvalue weighted by molar-refractivity contribution is 6.31. The number of rotatable bonds is 10. The van der Waals surface area contributed by atoms with Gasteiger partial charge < -0.3 is 60.2 Å². The SMILES string of the molecule is COc1cccc2c1C(=O)c1c(O)c3c(c(O)c1C2=O)C[C@@](O)(C(=O)CO)C[C@@H]3O[C@H]1C[C@H](NC(=O)O[C@H]2/C=C/CCC(C)(C(=O)NCC(=O)O)CC2)[C@H](O)[C@H](C)O1. The fourth-order valence-electron chi connectivity index (χ4n) is 8.21. The molecule has 1 fully saturated rings. The summed E-state index contributed by atoms with van der Waals surface area (Å²) in [7, 11) is 1.29. The molecule has 1 aliphatic heterocycles. The average molecular weight is 811 g/mol. The van der Waals surface area contributed by atoms with E-state index in [0.717, 1.165) is 0 Å². The molecule has 18 nitrogen and oxygen atoms in total. The van der Waals surface area contributed by atoms with Gasteiger partial charge in [0.2, 0.25) is 11.7 Å². The monoisotopic (exact) mass is 810 g/mol. The number of fused-ring (bicyclic) bond motifs is 3. The van der Waals surface area contributed by atoms with Crippen molar-refractivity contribution in [3.05, 3.63) is 63.7 Å². The Hall–Kier alpha value is -5.40. The molecule has 8 N–H and O–H groups in total. The Balaban J connectivity index is 1.24. The van der Waals surface area contributed by atoms with Gasteiger partial charge in [0.05, 0.1) is 42.0 Å². The van der Waals surface area contributed by atoms with Gasteiger partial charge in [0.25, 0.3) is 0 Å². The van der Waals surface area contributed by atoms with Crippen molar-refractivity contribution in [2.45, 2.75) is 101 Å². The smallest absolute Gasteiger partial charge is 0.408 e. The first-order valence-corrected chi connectivity index (χ1v) is 18.8. The van der Waals surface area contributed by atoms with E-state index in [2.05, 4.69) is 10.6 Å². The Morgan fingerprint density at radius 3 is 2.45 bits per heavy atom. The number of benzene rings is 2. The minimum Gasteiger partial charge on any atom is -0.507 e. The number of amides is 2. The highest BCUT2D eigenvalue weighted by Gasteiger charge is 2.50. The maximum atomic E-state index is 14.0. The third-order valence-corrected chi connectivity index (χ3v) is 11.5. The molecule has 0 saturated carbocycles. The molecule has 2 aromatic carbocycles. The van der Waals surface area contributed by atoms with E-state index in [0.29, 0.717) is 12.8 Å². The van der Waals surface area contributed by atoms with E-state index in [4.69, 9.17) is 24.1 Å². The summed E-state index contributed by atoms with van der Waals surface area (Å²) in [5, 5.41) is 69.7. The Morgan fingerprint density at radius 2 is 1.76 bits per heavy atom. The number of aliphatic carboxylic acids is 1. The second-order valence-electron chi connectivity index (χ2n) is 15.3. The molecular weight excluding hydrogens is 764 g/mol. The Kier molecular flexibility index (Phi) is 12.0. The Bertz CT molecular complexity index is 2070. The number of allylic oxidation sites excluding steroid dienone is 1. The molecule has 2 aromatic rings. The second kappa shape index (κ2) is 16.5. The molecule has 1 unspecified atom stereocenters. The lowest BCUT2D eigenvalue weighted by Crippen LogP contribution is -2.56. The molecule has 4 aliphatic rings. The van der Waals surface area contributed by atoms with Crippen LogP contribution in [-0.2, 0) is 35.0 Å². The molecule has 18 heteroatoms. The van der Waals surface area contributed by atoms with Crippen molar-refractivity contribution in [3.63, 3.8) is 0 Å². The molecule has 1 saturated heterocycles. The quantitative estimate of drug-likeness (QED) is 0.106. The molecule has 3 aliphatic carbocycles. The van der Waals surface area contributed by atoms with Gasteiger partial charge in [0.1, 0.15) is 48.2 Å². The van der Waals surface area contributed by atoms with Gasteiger partial charge in [-0.25, -0.2) is 4.79 Å². The maximum Gasteiger partial charge on any atom is 0.408 e. The van der Waals surface area contributed by atoms with Crippen molar-refractivity contribution in [1.82, 2.24) is 10.6 Å². The molecule has 2 amide bonds. The number of Topliss-reactive ketones (excluding diaryl/α,β-unsaturated/α-hetero) is 1. The van der Waals surface area contributed by atoms with E-state index >= 15 is 0 Å². The van der Waals surface area contributed by atoms with Crippen LogP contribution in [0.3, 0.4) is 0 Å². The predicted molar refractivity (Wildman–Crippen MR) is 197 cm³/mol. The number of carboxylic acid groups (broad SMARTS) is 1. The third kappa shape index (κ3) is 7.89. The lowest BCUT2D eigenvalue weighted by molar-refractivity contribution is -0.249. The topological polar surface area (TPSA) is 285 Å². The number of phenols is 2. The minimum absolute atomic E-state index is 0.0402. The Morgan fingerprint density at radius 1 is 1.03 bits per heavy atom. The lowest BCUT2D eigenvalue weighted by atomic mass is 9.72. The first-order chi connectivity index (χ1) is 27.4. The van der Waals surface area contributed by atoms with Crippen LogP contribution in [0.5, 0.6) is 17.2 Å². The zero-order valence-corrected chi connectivity index (χ0v) is 32.0.